The van der Waals surface area contributed by atoms with Gasteiger partial charge >= 0.3 is 5.97 Å². The summed E-state index contributed by atoms with van der Waals surface area (Å²) >= 11 is 1.56. The van der Waals surface area contributed by atoms with Crippen LogP contribution in [0.5, 0.6) is 0 Å². The van der Waals surface area contributed by atoms with Crippen LogP contribution in [0, 0.1) is 0 Å². The van der Waals surface area contributed by atoms with Crippen LogP contribution in [0.4, 0.5) is 0 Å². The van der Waals surface area contributed by atoms with Crippen molar-refractivity contribution in [3.05, 3.63) is 24.4 Å². The lowest BCUT2D eigenvalue weighted by Gasteiger charge is -2.22. The van der Waals surface area contributed by atoms with E-state index < -0.39 is 11.5 Å². The first-order valence-corrected chi connectivity index (χ1v) is 7.50. The standard InChI is InChI=1S/C13H18N4O2S/c1-2-13(14,11(18)19)7-5-9-20-12-16-15-10-6-3-4-8-17(10)12/h3-4,6,8H,2,5,7,9,14H2,1H3,(H,18,19). The van der Waals surface area contributed by atoms with Crippen molar-refractivity contribution in [1.82, 2.24) is 14.6 Å². The summed E-state index contributed by atoms with van der Waals surface area (Å²) < 4.78 is 1.91. The Kier molecular flexibility index (Phi) is 4.61. The zero-order valence-corrected chi connectivity index (χ0v) is 12.1. The summed E-state index contributed by atoms with van der Waals surface area (Å²) in [5.74, 6) is -0.167. The van der Waals surface area contributed by atoms with Crippen LogP contribution in [0.25, 0.3) is 5.65 Å². The fourth-order valence-electron chi connectivity index (χ4n) is 1.90. The average molecular weight is 294 g/mol. The molecule has 0 saturated heterocycles. The van der Waals surface area contributed by atoms with Gasteiger partial charge in [-0.3, -0.25) is 9.20 Å². The van der Waals surface area contributed by atoms with E-state index in [1.165, 1.54) is 0 Å². The van der Waals surface area contributed by atoms with Crippen molar-refractivity contribution in [3.8, 4) is 0 Å². The predicted octanol–water partition coefficient (Wildman–Crippen LogP) is 1.79. The Morgan fingerprint density at radius 1 is 1.50 bits per heavy atom. The first-order valence-electron chi connectivity index (χ1n) is 6.51. The summed E-state index contributed by atoms with van der Waals surface area (Å²) in [6, 6.07) is 5.73. The number of pyridine rings is 1. The van der Waals surface area contributed by atoms with Crippen LogP contribution < -0.4 is 5.73 Å². The van der Waals surface area contributed by atoms with E-state index in [0.717, 1.165) is 23.0 Å². The molecule has 0 aliphatic rings. The minimum absolute atomic E-state index is 0.431. The number of thioether (sulfide) groups is 1. The molecule has 6 nitrogen and oxygen atoms in total. The molecule has 1 atom stereocenters. The third-order valence-electron chi connectivity index (χ3n) is 3.34. The van der Waals surface area contributed by atoms with Crippen molar-refractivity contribution in [2.75, 3.05) is 5.75 Å². The number of fused-ring (bicyclic) bond motifs is 1. The Morgan fingerprint density at radius 3 is 3.00 bits per heavy atom. The zero-order chi connectivity index (χ0) is 14.6. The van der Waals surface area contributed by atoms with Gasteiger partial charge in [-0.1, -0.05) is 24.8 Å². The van der Waals surface area contributed by atoms with Crippen molar-refractivity contribution in [3.63, 3.8) is 0 Å². The predicted molar refractivity (Wildman–Crippen MR) is 77.8 cm³/mol. The van der Waals surface area contributed by atoms with Crippen molar-refractivity contribution < 1.29 is 9.90 Å². The highest BCUT2D eigenvalue weighted by atomic mass is 32.2. The molecule has 0 aliphatic heterocycles. The van der Waals surface area contributed by atoms with Crippen LogP contribution in [-0.2, 0) is 4.79 Å². The number of carbonyl (C=O) groups is 1. The minimum atomic E-state index is -1.12. The van der Waals surface area contributed by atoms with Gasteiger partial charge in [-0.25, -0.2) is 0 Å². The molecule has 20 heavy (non-hydrogen) atoms. The molecule has 0 saturated carbocycles. The van der Waals surface area contributed by atoms with Crippen molar-refractivity contribution in [2.45, 2.75) is 36.9 Å². The van der Waals surface area contributed by atoms with Gasteiger partial charge < -0.3 is 10.8 Å². The molecule has 2 aromatic rings. The summed E-state index contributed by atoms with van der Waals surface area (Å²) in [7, 11) is 0. The molecule has 2 aromatic heterocycles. The maximum absolute atomic E-state index is 11.1. The van der Waals surface area contributed by atoms with Gasteiger partial charge in [0.25, 0.3) is 0 Å². The van der Waals surface area contributed by atoms with Crippen molar-refractivity contribution in [2.24, 2.45) is 5.73 Å². The largest absolute Gasteiger partial charge is 0.480 e. The van der Waals surface area contributed by atoms with Crippen LogP contribution in [0.3, 0.4) is 0 Å². The molecule has 0 bridgehead atoms. The van der Waals surface area contributed by atoms with Crippen LogP contribution in [-0.4, -0.2) is 37.0 Å². The molecule has 7 heteroatoms. The molecule has 0 radical (unpaired) electrons. The summed E-state index contributed by atoms with van der Waals surface area (Å²) in [6.45, 7) is 1.80. The van der Waals surface area contributed by atoms with Gasteiger partial charge in [0.05, 0.1) is 0 Å². The molecule has 2 heterocycles. The molecule has 0 spiro atoms. The molecule has 108 valence electrons. The molecule has 0 amide bonds. The van der Waals surface area contributed by atoms with E-state index in [0.29, 0.717) is 12.8 Å². The van der Waals surface area contributed by atoms with E-state index >= 15 is 0 Å². The lowest BCUT2D eigenvalue weighted by Crippen LogP contribution is -2.47. The number of hydrogen-bond donors (Lipinski definition) is 2. The summed E-state index contributed by atoms with van der Waals surface area (Å²) in [6.07, 6.45) is 3.53. The SMILES string of the molecule is CCC(N)(CCCSc1nnc2ccccn12)C(=O)O. The monoisotopic (exact) mass is 294 g/mol. The second kappa shape index (κ2) is 6.23. The number of nitrogens with zero attached hydrogens (tertiary/aromatic N) is 3. The van der Waals surface area contributed by atoms with Crippen molar-refractivity contribution in [1.29, 1.82) is 0 Å². The van der Waals surface area contributed by atoms with E-state index in [1.807, 2.05) is 28.8 Å². The van der Waals surface area contributed by atoms with Gasteiger partial charge in [-0.2, -0.15) is 0 Å². The smallest absolute Gasteiger partial charge is 0.323 e. The van der Waals surface area contributed by atoms with Crippen molar-refractivity contribution >= 4 is 23.4 Å². The first-order chi connectivity index (χ1) is 9.57. The number of aromatic nitrogens is 3. The highest BCUT2D eigenvalue weighted by Crippen LogP contribution is 2.21. The number of hydrogen-bond acceptors (Lipinski definition) is 5. The van der Waals surface area contributed by atoms with Gasteiger partial charge in [-0.05, 0) is 31.4 Å². The third kappa shape index (κ3) is 3.10. The van der Waals surface area contributed by atoms with E-state index in [-0.39, 0.29) is 0 Å². The summed E-state index contributed by atoms with van der Waals surface area (Å²) in [5.41, 5.74) is 5.54. The summed E-state index contributed by atoms with van der Waals surface area (Å²) in [5, 5.41) is 18.1. The zero-order valence-electron chi connectivity index (χ0n) is 11.3. The Labute approximate surface area is 121 Å². The number of carboxylic acids is 1. The van der Waals surface area contributed by atoms with E-state index in [9.17, 15) is 4.79 Å². The number of carboxylic acid groups (broad SMARTS) is 1. The molecular formula is C13H18N4O2S. The maximum Gasteiger partial charge on any atom is 0.323 e. The molecule has 0 aromatic carbocycles. The lowest BCUT2D eigenvalue weighted by atomic mass is 9.92. The number of nitrogens with two attached hydrogens (primary N) is 1. The van der Waals surface area contributed by atoms with Gasteiger partial charge in [0, 0.05) is 11.9 Å². The van der Waals surface area contributed by atoms with Crippen LogP contribution in [0.2, 0.25) is 0 Å². The average Bonchev–Trinajstić information content (AvgIpc) is 2.86. The maximum atomic E-state index is 11.1. The molecule has 2 rings (SSSR count). The van der Waals surface area contributed by atoms with Gasteiger partial charge in [0.1, 0.15) is 5.54 Å². The second-order valence-corrected chi connectivity index (χ2v) is 5.74. The number of aliphatic carboxylic acids is 1. The Bertz CT molecular complexity index is 601. The van der Waals surface area contributed by atoms with Crippen LogP contribution in [0.15, 0.2) is 29.6 Å². The molecule has 3 N–H and O–H groups in total. The van der Waals surface area contributed by atoms with Gasteiger partial charge in [0.15, 0.2) is 10.8 Å². The third-order valence-corrected chi connectivity index (χ3v) is 4.37. The minimum Gasteiger partial charge on any atom is -0.480 e. The second-order valence-electron chi connectivity index (χ2n) is 4.68. The fraction of sp³-hybridized carbons (Fsp3) is 0.462. The van der Waals surface area contributed by atoms with E-state index in [4.69, 9.17) is 10.8 Å². The lowest BCUT2D eigenvalue weighted by molar-refractivity contribution is -0.143. The Balaban J connectivity index is 1.89. The normalized spacial score (nSPS) is 14.3. The molecule has 0 aliphatic carbocycles. The topological polar surface area (TPSA) is 93.5 Å². The van der Waals surface area contributed by atoms with Gasteiger partial charge in [-0.15, -0.1) is 10.2 Å². The quantitative estimate of drug-likeness (QED) is 0.597. The first kappa shape index (κ1) is 14.8. The fourth-order valence-corrected chi connectivity index (χ4v) is 2.77. The molecule has 0 fully saturated rings. The molecular weight excluding hydrogens is 276 g/mol. The highest BCUT2D eigenvalue weighted by molar-refractivity contribution is 7.99. The Hall–Kier alpha value is -1.60. The van der Waals surface area contributed by atoms with E-state index in [2.05, 4.69) is 10.2 Å². The summed E-state index contributed by atoms with van der Waals surface area (Å²) in [4.78, 5) is 11.1. The highest BCUT2D eigenvalue weighted by Gasteiger charge is 2.30. The number of rotatable bonds is 7. The Morgan fingerprint density at radius 2 is 2.30 bits per heavy atom. The molecule has 1 unspecified atom stereocenters. The van der Waals surface area contributed by atoms with Crippen LogP contribution >= 0.6 is 11.8 Å². The van der Waals surface area contributed by atoms with Gasteiger partial charge in [0.2, 0.25) is 0 Å². The van der Waals surface area contributed by atoms with Crippen LogP contribution in [0.1, 0.15) is 26.2 Å². The van der Waals surface area contributed by atoms with E-state index in [1.54, 1.807) is 18.7 Å².